The van der Waals surface area contributed by atoms with Crippen LogP contribution in [-0.4, -0.2) is 25.2 Å². The zero-order valence-corrected chi connectivity index (χ0v) is 12.0. The molecule has 6 nitrogen and oxygen atoms in total. The van der Waals surface area contributed by atoms with Crippen LogP contribution in [-0.2, 0) is 13.0 Å². The third kappa shape index (κ3) is 2.76. The van der Waals surface area contributed by atoms with Crippen molar-refractivity contribution in [3.8, 4) is 17.8 Å². The quantitative estimate of drug-likeness (QED) is 0.769. The number of benzene rings is 1. The molecule has 0 unspecified atom stereocenters. The average Bonchev–Trinajstić information content (AvgIpc) is 2.52. The molecule has 2 aromatic heterocycles. The van der Waals surface area contributed by atoms with Crippen LogP contribution >= 0.6 is 0 Å². The molecule has 0 amide bonds. The Labute approximate surface area is 127 Å². The lowest BCUT2D eigenvalue weighted by Crippen LogP contribution is -2.00. The Morgan fingerprint density at radius 2 is 1.82 bits per heavy atom. The molecule has 1 aromatic carbocycles. The number of aromatic hydroxyl groups is 2. The van der Waals surface area contributed by atoms with E-state index in [1.807, 2.05) is 37.3 Å². The van der Waals surface area contributed by atoms with E-state index in [1.165, 1.54) is 0 Å². The first-order valence-corrected chi connectivity index (χ1v) is 6.93. The van der Waals surface area contributed by atoms with Crippen LogP contribution in [0.5, 0.6) is 17.8 Å². The second kappa shape index (κ2) is 5.85. The van der Waals surface area contributed by atoms with Crippen molar-refractivity contribution in [1.29, 1.82) is 0 Å². The van der Waals surface area contributed by atoms with Gasteiger partial charge in [0, 0.05) is 6.07 Å². The molecule has 0 saturated carbocycles. The Morgan fingerprint density at radius 1 is 1.05 bits per heavy atom. The molecule has 0 spiro atoms. The third-order valence-electron chi connectivity index (χ3n) is 3.30. The van der Waals surface area contributed by atoms with Gasteiger partial charge < -0.3 is 14.9 Å². The highest BCUT2D eigenvalue weighted by Crippen LogP contribution is 2.29. The Kier molecular flexibility index (Phi) is 3.74. The summed E-state index contributed by atoms with van der Waals surface area (Å²) in [5, 5.41) is 19.7. The second-order valence-electron chi connectivity index (χ2n) is 4.79. The van der Waals surface area contributed by atoms with Gasteiger partial charge in [0.05, 0.1) is 5.39 Å². The van der Waals surface area contributed by atoms with Crippen molar-refractivity contribution in [1.82, 2.24) is 15.0 Å². The van der Waals surface area contributed by atoms with Crippen molar-refractivity contribution < 1.29 is 14.9 Å². The third-order valence-corrected chi connectivity index (χ3v) is 3.30. The van der Waals surface area contributed by atoms with E-state index in [0.717, 1.165) is 11.1 Å². The average molecular weight is 297 g/mol. The standard InChI is InChI=1S/C16H15N3O3/c1-2-11-8-12(22-9-10-6-4-3-5-7-10)17-14-13(11)15(20)19-16(21)18-14/h3-8H,2,9H2,1H3,(H2,17,18,19,20,21). The lowest BCUT2D eigenvalue weighted by atomic mass is 10.1. The number of rotatable bonds is 4. The van der Waals surface area contributed by atoms with Gasteiger partial charge in [-0.1, -0.05) is 37.3 Å². The fraction of sp³-hybridized carbons (Fsp3) is 0.188. The van der Waals surface area contributed by atoms with Crippen molar-refractivity contribution >= 4 is 11.0 Å². The maximum atomic E-state index is 9.87. The van der Waals surface area contributed by atoms with Crippen molar-refractivity contribution in [2.24, 2.45) is 0 Å². The summed E-state index contributed by atoms with van der Waals surface area (Å²) in [4.78, 5) is 11.6. The van der Waals surface area contributed by atoms with E-state index >= 15 is 0 Å². The van der Waals surface area contributed by atoms with Gasteiger partial charge in [-0.2, -0.15) is 15.0 Å². The largest absolute Gasteiger partial charge is 0.493 e. The van der Waals surface area contributed by atoms with E-state index in [1.54, 1.807) is 6.07 Å². The zero-order valence-electron chi connectivity index (χ0n) is 12.0. The van der Waals surface area contributed by atoms with Gasteiger partial charge in [-0.15, -0.1) is 0 Å². The molecule has 0 saturated heterocycles. The van der Waals surface area contributed by atoms with E-state index < -0.39 is 6.01 Å². The molecule has 0 aliphatic heterocycles. The van der Waals surface area contributed by atoms with Gasteiger partial charge in [0.15, 0.2) is 5.65 Å². The van der Waals surface area contributed by atoms with Gasteiger partial charge >= 0.3 is 6.01 Å². The van der Waals surface area contributed by atoms with Crippen molar-refractivity contribution in [2.45, 2.75) is 20.0 Å². The topological polar surface area (TPSA) is 88.4 Å². The smallest absolute Gasteiger partial charge is 0.319 e. The Hall–Kier alpha value is -2.89. The highest BCUT2D eigenvalue weighted by Gasteiger charge is 2.13. The Bertz CT molecular complexity index is 807. The lowest BCUT2D eigenvalue weighted by molar-refractivity contribution is 0.294. The summed E-state index contributed by atoms with van der Waals surface area (Å²) in [6.07, 6.45) is 0.655. The maximum Gasteiger partial charge on any atom is 0.319 e. The molecular weight excluding hydrogens is 282 g/mol. The predicted octanol–water partition coefficient (Wildman–Crippen LogP) is 2.58. The molecule has 2 N–H and O–H groups in total. The van der Waals surface area contributed by atoms with Crippen LogP contribution in [0.3, 0.4) is 0 Å². The zero-order chi connectivity index (χ0) is 15.5. The Balaban J connectivity index is 1.97. The normalized spacial score (nSPS) is 10.8. The van der Waals surface area contributed by atoms with Crippen LogP contribution in [0.2, 0.25) is 0 Å². The van der Waals surface area contributed by atoms with Crippen LogP contribution in [0.4, 0.5) is 0 Å². The number of aryl methyl sites for hydroxylation is 1. The molecule has 0 aliphatic carbocycles. The number of nitrogens with zero attached hydrogens (tertiary/aromatic N) is 3. The monoisotopic (exact) mass is 297 g/mol. The summed E-state index contributed by atoms with van der Waals surface area (Å²) in [7, 11) is 0. The summed E-state index contributed by atoms with van der Waals surface area (Å²) in [5.74, 6) is 0.118. The molecule has 0 aliphatic rings. The van der Waals surface area contributed by atoms with Gasteiger partial charge in [0.2, 0.25) is 11.8 Å². The Morgan fingerprint density at radius 3 is 2.55 bits per heavy atom. The first kappa shape index (κ1) is 14.1. The van der Waals surface area contributed by atoms with Crippen LogP contribution in [0.1, 0.15) is 18.1 Å². The second-order valence-corrected chi connectivity index (χ2v) is 4.79. The summed E-state index contributed by atoms with van der Waals surface area (Å²) in [5.41, 5.74) is 2.05. The molecule has 0 bridgehead atoms. The maximum absolute atomic E-state index is 9.87. The van der Waals surface area contributed by atoms with E-state index in [4.69, 9.17) is 4.74 Å². The summed E-state index contributed by atoms with van der Waals surface area (Å²) in [6.45, 7) is 2.33. The number of fused-ring (bicyclic) bond motifs is 1. The predicted molar refractivity (Wildman–Crippen MR) is 80.8 cm³/mol. The molecule has 22 heavy (non-hydrogen) atoms. The minimum Gasteiger partial charge on any atom is -0.493 e. The van der Waals surface area contributed by atoms with Crippen molar-refractivity contribution in [3.05, 3.63) is 47.5 Å². The minimum atomic E-state index is -0.514. The summed E-state index contributed by atoms with van der Waals surface area (Å²) in [6, 6.07) is 11.0. The number of hydrogen-bond acceptors (Lipinski definition) is 6. The van der Waals surface area contributed by atoms with Gasteiger partial charge in [-0.25, -0.2) is 0 Å². The van der Waals surface area contributed by atoms with E-state index in [0.29, 0.717) is 24.3 Å². The highest BCUT2D eigenvalue weighted by atomic mass is 16.5. The van der Waals surface area contributed by atoms with Crippen molar-refractivity contribution in [2.75, 3.05) is 0 Å². The van der Waals surface area contributed by atoms with Gasteiger partial charge in [0.1, 0.15) is 6.61 Å². The number of hydrogen-bond donors (Lipinski definition) is 2. The van der Waals surface area contributed by atoms with Crippen LogP contribution < -0.4 is 4.74 Å². The first-order valence-electron chi connectivity index (χ1n) is 6.93. The summed E-state index contributed by atoms with van der Waals surface area (Å²) >= 11 is 0. The van der Waals surface area contributed by atoms with Gasteiger partial charge in [-0.05, 0) is 17.5 Å². The van der Waals surface area contributed by atoms with Crippen LogP contribution in [0, 0.1) is 0 Å². The molecular formula is C16H15N3O3. The molecule has 6 heteroatoms. The van der Waals surface area contributed by atoms with Crippen LogP contribution in [0.15, 0.2) is 36.4 Å². The number of pyridine rings is 1. The molecule has 112 valence electrons. The van der Waals surface area contributed by atoms with Gasteiger partial charge in [0.25, 0.3) is 0 Å². The van der Waals surface area contributed by atoms with E-state index in [9.17, 15) is 10.2 Å². The van der Waals surface area contributed by atoms with Crippen LogP contribution in [0.25, 0.3) is 11.0 Å². The van der Waals surface area contributed by atoms with Gasteiger partial charge in [-0.3, -0.25) is 0 Å². The van der Waals surface area contributed by atoms with E-state index in [-0.39, 0.29) is 11.5 Å². The molecule has 3 aromatic rings. The first-order chi connectivity index (χ1) is 10.7. The molecule has 0 atom stereocenters. The SMILES string of the molecule is CCc1cc(OCc2ccccc2)nc2nc(O)nc(O)c12. The molecule has 0 radical (unpaired) electrons. The fourth-order valence-electron chi connectivity index (χ4n) is 2.24. The molecule has 2 heterocycles. The molecule has 3 rings (SSSR count). The lowest BCUT2D eigenvalue weighted by Gasteiger charge is -2.10. The summed E-state index contributed by atoms with van der Waals surface area (Å²) < 4.78 is 5.69. The van der Waals surface area contributed by atoms with E-state index in [2.05, 4.69) is 15.0 Å². The minimum absolute atomic E-state index is 0.215. The van der Waals surface area contributed by atoms with Crippen molar-refractivity contribution in [3.63, 3.8) is 0 Å². The highest BCUT2D eigenvalue weighted by molar-refractivity contribution is 5.84. The fourth-order valence-corrected chi connectivity index (χ4v) is 2.24. The number of ether oxygens (including phenoxy) is 1. The molecule has 0 fully saturated rings. The number of aromatic nitrogens is 3.